The summed E-state index contributed by atoms with van der Waals surface area (Å²) in [5, 5.41) is 0. The predicted molar refractivity (Wildman–Crippen MR) is 72.1 cm³/mol. The van der Waals surface area contributed by atoms with E-state index in [1.54, 1.807) is 13.8 Å². The van der Waals surface area contributed by atoms with Gasteiger partial charge in [-0.1, -0.05) is 12.1 Å². The van der Waals surface area contributed by atoms with Crippen molar-refractivity contribution in [2.24, 2.45) is 0 Å². The second-order valence-corrected chi connectivity index (χ2v) is 4.64. The van der Waals surface area contributed by atoms with Gasteiger partial charge in [0.1, 0.15) is 0 Å². The van der Waals surface area contributed by atoms with E-state index in [9.17, 15) is 22.8 Å². The van der Waals surface area contributed by atoms with Crippen molar-refractivity contribution in [3.05, 3.63) is 35.4 Å². The fourth-order valence-corrected chi connectivity index (χ4v) is 1.86. The number of ether oxygens (including phenoxy) is 2. The van der Waals surface area contributed by atoms with Crippen LogP contribution in [0.4, 0.5) is 13.2 Å². The summed E-state index contributed by atoms with van der Waals surface area (Å²) >= 11 is 0. The summed E-state index contributed by atoms with van der Waals surface area (Å²) in [5.74, 6) is -1.73. The monoisotopic (exact) mass is 318 g/mol. The average molecular weight is 318 g/mol. The van der Waals surface area contributed by atoms with Crippen LogP contribution >= 0.6 is 0 Å². The van der Waals surface area contributed by atoms with E-state index in [1.165, 1.54) is 6.92 Å². The van der Waals surface area contributed by atoms with Crippen LogP contribution in [0.2, 0.25) is 0 Å². The summed E-state index contributed by atoms with van der Waals surface area (Å²) in [7, 11) is 0. The molecule has 0 radical (unpaired) electrons. The van der Waals surface area contributed by atoms with Crippen LogP contribution in [0.1, 0.15) is 31.9 Å². The van der Waals surface area contributed by atoms with Crippen molar-refractivity contribution in [3.8, 4) is 0 Å². The molecule has 0 saturated heterocycles. The molecule has 0 aliphatic heterocycles. The molecule has 1 aromatic rings. The van der Waals surface area contributed by atoms with Crippen molar-refractivity contribution in [1.29, 1.82) is 0 Å². The van der Waals surface area contributed by atoms with E-state index in [0.29, 0.717) is 0 Å². The molecular weight excluding hydrogens is 301 g/mol. The lowest BCUT2D eigenvalue weighted by Crippen LogP contribution is -2.43. The molecule has 0 aliphatic rings. The molecule has 0 spiro atoms. The van der Waals surface area contributed by atoms with Gasteiger partial charge >= 0.3 is 18.1 Å². The Kier molecular flexibility index (Phi) is 5.57. The number of benzene rings is 1. The largest absolute Gasteiger partial charge is 0.465 e. The molecule has 7 heteroatoms. The highest BCUT2D eigenvalue weighted by molar-refractivity contribution is 6.05. The molecule has 0 saturated carbocycles. The Bertz CT molecular complexity index is 517. The van der Waals surface area contributed by atoms with Crippen molar-refractivity contribution >= 4 is 11.9 Å². The van der Waals surface area contributed by atoms with Gasteiger partial charge in [-0.15, -0.1) is 0 Å². The fourth-order valence-electron chi connectivity index (χ4n) is 1.86. The maximum absolute atomic E-state index is 12.6. The molecule has 0 N–H and O–H groups in total. The Morgan fingerprint density at radius 1 is 0.909 bits per heavy atom. The van der Waals surface area contributed by atoms with Gasteiger partial charge in [0.2, 0.25) is 0 Å². The van der Waals surface area contributed by atoms with Crippen molar-refractivity contribution < 1.29 is 32.2 Å². The smallest absolute Gasteiger partial charge is 0.416 e. The number of esters is 2. The van der Waals surface area contributed by atoms with Crippen LogP contribution in [0, 0.1) is 0 Å². The number of rotatable bonds is 5. The minimum atomic E-state index is -4.50. The first-order valence-electron chi connectivity index (χ1n) is 6.70. The molecule has 122 valence electrons. The summed E-state index contributed by atoms with van der Waals surface area (Å²) in [6.45, 7) is 4.47. The van der Waals surface area contributed by atoms with Gasteiger partial charge in [-0.2, -0.15) is 13.2 Å². The maximum Gasteiger partial charge on any atom is 0.416 e. The Hall–Kier alpha value is -2.05. The van der Waals surface area contributed by atoms with Gasteiger partial charge in [-0.05, 0) is 38.5 Å². The number of hydrogen-bond acceptors (Lipinski definition) is 4. The van der Waals surface area contributed by atoms with E-state index in [0.717, 1.165) is 24.3 Å². The first-order chi connectivity index (χ1) is 10.2. The summed E-state index contributed by atoms with van der Waals surface area (Å²) in [6, 6.07) is 3.78. The molecule has 1 aromatic carbocycles. The van der Waals surface area contributed by atoms with E-state index < -0.39 is 29.1 Å². The lowest BCUT2D eigenvalue weighted by atomic mass is 9.82. The van der Waals surface area contributed by atoms with Crippen LogP contribution in [0.3, 0.4) is 0 Å². The second-order valence-electron chi connectivity index (χ2n) is 4.64. The highest BCUT2D eigenvalue weighted by Crippen LogP contribution is 2.33. The maximum atomic E-state index is 12.6. The Labute approximate surface area is 126 Å². The molecular formula is C15H17F3O4. The lowest BCUT2D eigenvalue weighted by Gasteiger charge is -2.25. The lowest BCUT2D eigenvalue weighted by molar-refractivity contribution is -0.163. The summed E-state index contributed by atoms with van der Waals surface area (Å²) in [6.07, 6.45) is -4.50. The number of carbonyl (C=O) groups is 2. The Balaban J connectivity index is 3.27. The fraction of sp³-hybridized carbons (Fsp3) is 0.467. The highest BCUT2D eigenvalue weighted by atomic mass is 19.4. The van der Waals surface area contributed by atoms with Crippen LogP contribution in [0.25, 0.3) is 0 Å². The zero-order valence-electron chi connectivity index (χ0n) is 12.5. The third kappa shape index (κ3) is 3.58. The molecule has 22 heavy (non-hydrogen) atoms. The van der Waals surface area contributed by atoms with Crippen LogP contribution < -0.4 is 0 Å². The molecule has 0 fully saturated rings. The third-order valence-electron chi connectivity index (χ3n) is 3.16. The van der Waals surface area contributed by atoms with Gasteiger partial charge < -0.3 is 9.47 Å². The van der Waals surface area contributed by atoms with Crippen LogP contribution in [0.15, 0.2) is 24.3 Å². The normalized spacial score (nSPS) is 11.9. The van der Waals surface area contributed by atoms with Gasteiger partial charge in [0, 0.05) is 0 Å². The summed E-state index contributed by atoms with van der Waals surface area (Å²) in [4.78, 5) is 24.2. The van der Waals surface area contributed by atoms with Gasteiger partial charge in [0.25, 0.3) is 0 Å². The van der Waals surface area contributed by atoms with Crippen molar-refractivity contribution in [1.82, 2.24) is 0 Å². The number of alkyl halides is 3. The van der Waals surface area contributed by atoms with Gasteiger partial charge in [-0.3, -0.25) is 9.59 Å². The van der Waals surface area contributed by atoms with Crippen molar-refractivity contribution in [3.63, 3.8) is 0 Å². The van der Waals surface area contributed by atoms with E-state index >= 15 is 0 Å². The summed E-state index contributed by atoms with van der Waals surface area (Å²) < 4.78 is 47.5. The molecule has 4 nitrogen and oxygen atoms in total. The van der Waals surface area contributed by atoms with Crippen molar-refractivity contribution in [2.45, 2.75) is 32.4 Å². The minimum Gasteiger partial charge on any atom is -0.465 e. The molecule has 0 aliphatic carbocycles. The van der Waals surface area contributed by atoms with Gasteiger partial charge in [0.15, 0.2) is 5.41 Å². The quantitative estimate of drug-likeness (QED) is 0.618. The zero-order chi connectivity index (χ0) is 17.0. The Morgan fingerprint density at radius 3 is 1.59 bits per heavy atom. The topological polar surface area (TPSA) is 52.6 Å². The molecule has 0 unspecified atom stereocenters. The third-order valence-corrected chi connectivity index (χ3v) is 3.16. The average Bonchev–Trinajstić information content (AvgIpc) is 2.46. The first-order valence-corrected chi connectivity index (χ1v) is 6.70. The van der Waals surface area contributed by atoms with E-state index in [1.807, 2.05) is 0 Å². The molecule has 0 heterocycles. The molecule has 0 aromatic heterocycles. The molecule has 0 atom stereocenters. The number of carbonyl (C=O) groups excluding carboxylic acids is 2. The summed E-state index contributed by atoms with van der Waals surface area (Å²) in [5.41, 5.74) is -2.60. The molecule has 0 amide bonds. The molecule has 1 rings (SSSR count). The Morgan fingerprint density at radius 2 is 1.27 bits per heavy atom. The minimum absolute atomic E-state index is 0.0362. The van der Waals surface area contributed by atoms with Crippen molar-refractivity contribution in [2.75, 3.05) is 13.2 Å². The molecule has 0 bridgehead atoms. The van der Waals surface area contributed by atoms with E-state index in [-0.39, 0.29) is 18.8 Å². The predicted octanol–water partition coefficient (Wildman–Crippen LogP) is 3.09. The van der Waals surface area contributed by atoms with Crippen LogP contribution in [-0.2, 0) is 30.7 Å². The van der Waals surface area contributed by atoms with Gasteiger partial charge in [-0.25, -0.2) is 0 Å². The standard InChI is InChI=1S/C15H17F3O4/c1-4-21-12(19)14(3,13(20)22-5-2)10-6-8-11(9-7-10)15(16,17)18/h6-9H,4-5H2,1-3H3. The number of halogens is 3. The number of hydrogen-bond donors (Lipinski definition) is 0. The van der Waals surface area contributed by atoms with E-state index in [4.69, 9.17) is 9.47 Å². The SMILES string of the molecule is CCOC(=O)C(C)(C(=O)OCC)c1ccc(C(F)(F)F)cc1. The van der Waals surface area contributed by atoms with Crippen LogP contribution in [0.5, 0.6) is 0 Å². The zero-order valence-corrected chi connectivity index (χ0v) is 12.5. The van der Waals surface area contributed by atoms with Gasteiger partial charge in [0.05, 0.1) is 18.8 Å². The highest BCUT2D eigenvalue weighted by Gasteiger charge is 2.46. The van der Waals surface area contributed by atoms with Crippen LogP contribution in [-0.4, -0.2) is 25.2 Å². The second kappa shape index (κ2) is 6.81. The van der Waals surface area contributed by atoms with E-state index in [2.05, 4.69) is 0 Å². The first kappa shape index (κ1) is 18.0.